The summed E-state index contributed by atoms with van der Waals surface area (Å²) in [7, 11) is 0. The molecule has 6 aromatic rings. The zero-order chi connectivity index (χ0) is 39.6. The van der Waals surface area contributed by atoms with E-state index in [9.17, 15) is 19.2 Å². The molecule has 0 spiro atoms. The van der Waals surface area contributed by atoms with Crippen molar-refractivity contribution in [1.29, 1.82) is 0 Å². The predicted octanol–water partition coefficient (Wildman–Crippen LogP) is 5.12. The van der Waals surface area contributed by atoms with Crippen LogP contribution in [0.3, 0.4) is 0 Å². The fourth-order valence-electron chi connectivity index (χ4n) is 7.04. The minimum Gasteiger partial charge on any atom is -0.481 e. The van der Waals surface area contributed by atoms with Crippen LogP contribution in [0.5, 0.6) is 0 Å². The van der Waals surface area contributed by atoms with Crippen molar-refractivity contribution < 1.29 is 29.4 Å². The number of benzene rings is 4. The molecular formula is C42H46N8O6. The van der Waals surface area contributed by atoms with Gasteiger partial charge < -0.3 is 32.3 Å². The molecule has 0 bridgehead atoms. The number of primary amides is 2. The molecule has 2 amide bonds. The van der Waals surface area contributed by atoms with E-state index >= 15 is 0 Å². The molecule has 2 saturated heterocycles. The summed E-state index contributed by atoms with van der Waals surface area (Å²) in [6, 6.07) is 28.0. The molecule has 14 heteroatoms. The van der Waals surface area contributed by atoms with Gasteiger partial charge in [-0.25, -0.2) is 9.36 Å². The van der Waals surface area contributed by atoms with E-state index in [1.165, 1.54) is 36.8 Å². The fourth-order valence-corrected chi connectivity index (χ4v) is 7.04. The maximum atomic E-state index is 11.5. The first kappa shape index (κ1) is 39.3. The van der Waals surface area contributed by atoms with Gasteiger partial charge in [0, 0.05) is 36.3 Å². The Hall–Kier alpha value is -6.38. The van der Waals surface area contributed by atoms with Crippen LogP contribution in [0, 0.1) is 0 Å². The Balaban J connectivity index is 0.000000160. The minimum absolute atomic E-state index is 0.296. The highest BCUT2D eigenvalue weighted by Gasteiger charge is 2.17. The normalized spacial score (nSPS) is 16.6. The lowest BCUT2D eigenvalue weighted by atomic mass is 9.92. The molecule has 2 fully saturated rings. The summed E-state index contributed by atoms with van der Waals surface area (Å²) < 4.78 is 3.61. The van der Waals surface area contributed by atoms with E-state index in [0.29, 0.717) is 34.0 Å². The van der Waals surface area contributed by atoms with E-state index in [0.717, 1.165) is 48.3 Å². The number of nitrogens with one attached hydrogen (secondary N) is 2. The van der Waals surface area contributed by atoms with Gasteiger partial charge in [0.05, 0.1) is 35.3 Å². The topological polar surface area (TPSA) is 220 Å². The maximum Gasteiger partial charge on any atom is 0.303 e. The van der Waals surface area contributed by atoms with Crippen LogP contribution in [-0.2, 0) is 9.59 Å². The summed E-state index contributed by atoms with van der Waals surface area (Å²) in [6.07, 6.45) is 8.20. The summed E-state index contributed by atoms with van der Waals surface area (Å²) in [5.41, 5.74) is 17.8. The summed E-state index contributed by atoms with van der Waals surface area (Å²) in [6.45, 7) is 4.34. The summed E-state index contributed by atoms with van der Waals surface area (Å²) in [5.74, 6) is -1.88. The molecule has 290 valence electrons. The molecule has 56 heavy (non-hydrogen) atoms. The van der Waals surface area contributed by atoms with Gasteiger partial charge in [-0.15, -0.1) is 0 Å². The lowest BCUT2D eigenvalue weighted by Gasteiger charge is -2.23. The molecule has 8 rings (SSSR count). The van der Waals surface area contributed by atoms with Crippen molar-refractivity contribution in [1.82, 2.24) is 30.2 Å². The van der Waals surface area contributed by atoms with Crippen LogP contribution in [0.15, 0.2) is 97.3 Å². The number of aromatic nitrogens is 4. The van der Waals surface area contributed by atoms with E-state index in [2.05, 4.69) is 69.4 Å². The molecule has 4 heterocycles. The van der Waals surface area contributed by atoms with Crippen LogP contribution in [0.2, 0.25) is 0 Å². The Labute approximate surface area is 323 Å². The van der Waals surface area contributed by atoms with Crippen LogP contribution >= 0.6 is 0 Å². The lowest BCUT2D eigenvalue weighted by molar-refractivity contribution is -0.143. The highest BCUT2D eigenvalue weighted by molar-refractivity contribution is 6.05. The summed E-state index contributed by atoms with van der Waals surface area (Å²) >= 11 is 0. The number of amides is 2. The zero-order valence-electron chi connectivity index (χ0n) is 30.9. The first-order valence-electron chi connectivity index (χ1n) is 18.7. The van der Waals surface area contributed by atoms with Crippen LogP contribution in [0.25, 0.3) is 33.2 Å². The van der Waals surface area contributed by atoms with Gasteiger partial charge in [-0.05, 0) is 98.1 Å². The first-order chi connectivity index (χ1) is 27.1. The van der Waals surface area contributed by atoms with Gasteiger partial charge in [-0.3, -0.25) is 19.2 Å². The molecule has 0 saturated carbocycles. The van der Waals surface area contributed by atoms with Crippen LogP contribution < -0.4 is 22.1 Å². The average molecular weight is 759 g/mol. The van der Waals surface area contributed by atoms with Crippen molar-refractivity contribution >= 4 is 45.6 Å². The number of carboxylic acids is 2. The van der Waals surface area contributed by atoms with Gasteiger partial charge in [0.1, 0.15) is 11.0 Å². The largest absolute Gasteiger partial charge is 0.481 e. The van der Waals surface area contributed by atoms with Crippen molar-refractivity contribution in [2.75, 3.05) is 26.2 Å². The van der Waals surface area contributed by atoms with E-state index in [-0.39, 0.29) is 12.8 Å². The van der Waals surface area contributed by atoms with Gasteiger partial charge >= 0.3 is 11.9 Å². The quantitative estimate of drug-likeness (QED) is 0.114. The Morgan fingerprint density at radius 1 is 0.607 bits per heavy atom. The first-order valence-corrected chi connectivity index (χ1v) is 18.7. The second kappa shape index (κ2) is 18.3. The number of carboxylic acid groups (broad SMARTS) is 2. The second-order valence-electron chi connectivity index (χ2n) is 13.9. The van der Waals surface area contributed by atoms with Crippen molar-refractivity contribution in [2.24, 2.45) is 11.5 Å². The molecule has 0 aliphatic carbocycles. The Kier molecular flexibility index (Phi) is 12.8. The Morgan fingerprint density at radius 2 is 1.00 bits per heavy atom. The number of hydrogen-bond donors (Lipinski definition) is 6. The number of aliphatic carboxylic acids is 2. The molecule has 2 aliphatic heterocycles. The predicted molar refractivity (Wildman–Crippen MR) is 213 cm³/mol. The number of nitrogens with two attached hydrogens (primary N) is 2. The molecule has 2 atom stereocenters. The standard InChI is InChI=1S/2C19H20N4O.C4H6O4/c2*20-19(24)17-5-1-3-15-12-23(22-18(15)17)16-8-6-13(7-9-16)14-4-2-10-21-11-14;5-3(6)1-2-4(7)8/h2*1,3,5-9,12,14,21H,2,4,10-11H2,(H2,20,24);1-2H2,(H,5,6)(H,7,8)/t2*14-;/m11./s1. The summed E-state index contributed by atoms with van der Waals surface area (Å²) in [5, 5.41) is 33.6. The molecular weight excluding hydrogens is 713 g/mol. The van der Waals surface area contributed by atoms with E-state index < -0.39 is 23.8 Å². The Morgan fingerprint density at radius 3 is 1.32 bits per heavy atom. The molecule has 8 N–H and O–H groups in total. The number of rotatable bonds is 9. The van der Waals surface area contributed by atoms with E-state index in [1.807, 2.05) is 36.7 Å². The molecule has 14 nitrogen and oxygen atoms in total. The smallest absolute Gasteiger partial charge is 0.303 e. The van der Waals surface area contributed by atoms with E-state index in [1.54, 1.807) is 21.5 Å². The molecule has 0 unspecified atom stereocenters. The number of fused-ring (bicyclic) bond motifs is 2. The van der Waals surface area contributed by atoms with Crippen LogP contribution in [0.4, 0.5) is 0 Å². The summed E-state index contributed by atoms with van der Waals surface area (Å²) in [4.78, 5) is 42.4. The third-order valence-electron chi connectivity index (χ3n) is 10.0. The maximum absolute atomic E-state index is 11.5. The van der Waals surface area contributed by atoms with Crippen molar-refractivity contribution in [2.45, 2.75) is 50.4 Å². The number of piperidine rings is 2. The molecule has 4 aromatic carbocycles. The Bertz CT molecular complexity index is 2140. The van der Waals surface area contributed by atoms with Gasteiger partial charge in [0.25, 0.3) is 11.8 Å². The third kappa shape index (κ3) is 9.83. The minimum atomic E-state index is -1.08. The monoisotopic (exact) mass is 758 g/mol. The fraction of sp³-hybridized carbons (Fsp3) is 0.286. The third-order valence-corrected chi connectivity index (χ3v) is 10.0. The zero-order valence-corrected chi connectivity index (χ0v) is 30.9. The van der Waals surface area contributed by atoms with Crippen LogP contribution in [0.1, 0.15) is 82.2 Å². The average Bonchev–Trinajstić information content (AvgIpc) is 3.87. The van der Waals surface area contributed by atoms with Crippen LogP contribution in [-0.4, -0.2) is 79.7 Å². The molecule has 2 aromatic heterocycles. The second-order valence-corrected chi connectivity index (χ2v) is 13.9. The molecule has 2 aliphatic rings. The number of carbonyl (C=O) groups is 4. The van der Waals surface area contributed by atoms with Gasteiger partial charge in [0.2, 0.25) is 0 Å². The van der Waals surface area contributed by atoms with Crippen molar-refractivity contribution in [3.05, 3.63) is 120 Å². The highest BCUT2D eigenvalue weighted by Crippen LogP contribution is 2.27. The van der Waals surface area contributed by atoms with Crippen molar-refractivity contribution in [3.8, 4) is 11.4 Å². The number of carbonyl (C=O) groups excluding carboxylic acids is 2. The van der Waals surface area contributed by atoms with Crippen molar-refractivity contribution in [3.63, 3.8) is 0 Å². The number of nitrogens with zero attached hydrogens (tertiary/aromatic N) is 4. The lowest BCUT2D eigenvalue weighted by Crippen LogP contribution is -2.28. The van der Waals surface area contributed by atoms with Gasteiger partial charge in [-0.1, -0.05) is 48.5 Å². The van der Waals surface area contributed by atoms with Gasteiger partial charge in [-0.2, -0.15) is 10.2 Å². The number of hydrogen-bond acceptors (Lipinski definition) is 8. The molecule has 0 radical (unpaired) electrons. The van der Waals surface area contributed by atoms with Gasteiger partial charge in [0.15, 0.2) is 0 Å². The SMILES string of the molecule is NC(=O)c1cccc2cn(-c3ccc([C@@H]4CCCNC4)cc3)nc12.NC(=O)c1cccc2cn(-c3ccc([C@@H]4CCCNC4)cc3)nc12.O=C(O)CCC(=O)O. The van der Waals surface area contributed by atoms with E-state index in [4.69, 9.17) is 21.7 Å². The highest BCUT2D eigenvalue weighted by atomic mass is 16.4.